The van der Waals surface area contributed by atoms with Gasteiger partial charge in [0.15, 0.2) is 0 Å². The molecule has 0 radical (unpaired) electrons. The number of benzene rings is 2. The highest BCUT2D eigenvalue weighted by atomic mass is 16.5. The van der Waals surface area contributed by atoms with Crippen molar-refractivity contribution < 1.29 is 9.47 Å². The Kier molecular flexibility index (Phi) is 6.95. The van der Waals surface area contributed by atoms with Crippen LogP contribution in [0.4, 0.5) is 0 Å². The van der Waals surface area contributed by atoms with Gasteiger partial charge in [-0.25, -0.2) is 0 Å². The van der Waals surface area contributed by atoms with Crippen molar-refractivity contribution >= 4 is 0 Å². The minimum absolute atomic E-state index is 0.856. The Bertz CT molecular complexity index is 583. The minimum atomic E-state index is 0.856. The Balaban J connectivity index is 2.16. The molecule has 3 heteroatoms. The summed E-state index contributed by atoms with van der Waals surface area (Å²) in [4.78, 5) is 2.47. The first-order valence-corrected chi connectivity index (χ1v) is 8.24. The molecule has 0 fully saturated rings. The van der Waals surface area contributed by atoms with E-state index in [9.17, 15) is 0 Å². The van der Waals surface area contributed by atoms with Gasteiger partial charge in [0.1, 0.15) is 11.5 Å². The molecule has 3 nitrogen and oxygen atoms in total. The molecule has 2 aromatic rings. The Morgan fingerprint density at radius 3 is 2.35 bits per heavy atom. The van der Waals surface area contributed by atoms with Crippen LogP contribution in [0.15, 0.2) is 48.5 Å². The molecule has 0 N–H and O–H groups in total. The van der Waals surface area contributed by atoms with Gasteiger partial charge in [0, 0.05) is 18.7 Å². The second kappa shape index (κ2) is 9.21. The zero-order valence-electron chi connectivity index (χ0n) is 14.4. The molecule has 0 saturated heterocycles. The van der Waals surface area contributed by atoms with Crippen LogP contribution >= 0.6 is 0 Å². The summed E-state index contributed by atoms with van der Waals surface area (Å²) < 4.78 is 10.9. The largest absolute Gasteiger partial charge is 0.497 e. The molecule has 0 unspecified atom stereocenters. The summed E-state index contributed by atoms with van der Waals surface area (Å²) in [5.74, 6) is 1.79. The van der Waals surface area contributed by atoms with Gasteiger partial charge in [-0.15, -0.1) is 0 Å². The van der Waals surface area contributed by atoms with Crippen molar-refractivity contribution in [2.45, 2.75) is 32.9 Å². The average Bonchev–Trinajstić information content (AvgIpc) is 2.60. The van der Waals surface area contributed by atoms with Crippen LogP contribution in [0.5, 0.6) is 11.5 Å². The maximum atomic E-state index is 5.52. The van der Waals surface area contributed by atoms with Crippen molar-refractivity contribution in [3.05, 3.63) is 59.7 Å². The van der Waals surface area contributed by atoms with Gasteiger partial charge in [-0.05, 0) is 36.7 Å². The first kappa shape index (κ1) is 17.4. The van der Waals surface area contributed by atoms with Gasteiger partial charge in [-0.3, -0.25) is 4.90 Å². The zero-order chi connectivity index (χ0) is 16.5. The van der Waals surface area contributed by atoms with Crippen molar-refractivity contribution in [3.8, 4) is 11.5 Å². The lowest BCUT2D eigenvalue weighted by molar-refractivity contribution is 0.248. The van der Waals surface area contributed by atoms with E-state index in [0.29, 0.717) is 0 Å². The molecule has 0 spiro atoms. The van der Waals surface area contributed by atoms with E-state index in [0.717, 1.165) is 31.1 Å². The number of nitrogens with zero attached hydrogens (tertiary/aromatic N) is 1. The van der Waals surface area contributed by atoms with Crippen LogP contribution in [-0.4, -0.2) is 25.7 Å². The van der Waals surface area contributed by atoms with Gasteiger partial charge in [0.2, 0.25) is 0 Å². The number of rotatable bonds is 9. The highest BCUT2D eigenvalue weighted by Gasteiger charge is 2.11. The summed E-state index contributed by atoms with van der Waals surface area (Å²) in [6, 6.07) is 16.6. The van der Waals surface area contributed by atoms with Crippen LogP contribution in [0.2, 0.25) is 0 Å². The highest BCUT2D eigenvalue weighted by molar-refractivity contribution is 5.40. The van der Waals surface area contributed by atoms with E-state index in [1.165, 1.54) is 24.0 Å². The molecular weight excluding hydrogens is 286 g/mol. The van der Waals surface area contributed by atoms with Gasteiger partial charge >= 0.3 is 0 Å². The molecule has 0 aliphatic rings. The molecule has 0 bridgehead atoms. The molecule has 0 heterocycles. The van der Waals surface area contributed by atoms with Gasteiger partial charge in [0.05, 0.1) is 14.2 Å². The molecule has 2 aromatic carbocycles. The molecular formula is C20H27NO2. The summed E-state index contributed by atoms with van der Waals surface area (Å²) in [6.07, 6.45) is 2.39. The van der Waals surface area contributed by atoms with Gasteiger partial charge in [-0.1, -0.05) is 43.7 Å². The van der Waals surface area contributed by atoms with Crippen molar-refractivity contribution in [1.29, 1.82) is 0 Å². The zero-order valence-corrected chi connectivity index (χ0v) is 14.4. The molecule has 0 saturated carbocycles. The first-order chi connectivity index (χ1) is 11.3. The lowest BCUT2D eigenvalue weighted by Crippen LogP contribution is -2.24. The number of unbranched alkanes of at least 4 members (excludes halogenated alkanes) is 1. The molecule has 23 heavy (non-hydrogen) atoms. The second-order valence-corrected chi connectivity index (χ2v) is 5.73. The number of hydrogen-bond donors (Lipinski definition) is 0. The SMILES string of the molecule is CCCCN(Cc1ccccc1)Cc1cc(OC)ccc1OC. The van der Waals surface area contributed by atoms with Gasteiger partial charge in [0.25, 0.3) is 0 Å². The van der Waals surface area contributed by atoms with Crippen molar-refractivity contribution in [2.24, 2.45) is 0 Å². The van der Waals surface area contributed by atoms with Crippen molar-refractivity contribution in [1.82, 2.24) is 4.90 Å². The van der Waals surface area contributed by atoms with E-state index in [-0.39, 0.29) is 0 Å². The lowest BCUT2D eigenvalue weighted by atomic mass is 10.1. The molecule has 0 atom stereocenters. The standard InChI is InChI=1S/C20H27NO2/c1-4-5-13-21(15-17-9-7-6-8-10-17)16-18-14-19(22-2)11-12-20(18)23-3/h6-12,14H,4-5,13,15-16H2,1-3H3. The van der Waals surface area contributed by atoms with Gasteiger partial charge < -0.3 is 9.47 Å². The Morgan fingerprint density at radius 2 is 1.70 bits per heavy atom. The van der Waals surface area contributed by atoms with Crippen molar-refractivity contribution in [3.63, 3.8) is 0 Å². The molecule has 124 valence electrons. The Labute approximate surface area is 139 Å². The maximum absolute atomic E-state index is 5.52. The Hall–Kier alpha value is -2.00. The monoisotopic (exact) mass is 313 g/mol. The van der Waals surface area contributed by atoms with Crippen molar-refractivity contribution in [2.75, 3.05) is 20.8 Å². The first-order valence-electron chi connectivity index (χ1n) is 8.24. The van der Waals surface area contributed by atoms with Crippen LogP contribution in [0.1, 0.15) is 30.9 Å². The van der Waals surface area contributed by atoms with Crippen LogP contribution in [-0.2, 0) is 13.1 Å². The molecule has 0 aromatic heterocycles. The van der Waals surface area contributed by atoms with E-state index >= 15 is 0 Å². The normalized spacial score (nSPS) is 10.8. The van der Waals surface area contributed by atoms with E-state index in [1.54, 1.807) is 14.2 Å². The lowest BCUT2D eigenvalue weighted by Gasteiger charge is -2.23. The van der Waals surface area contributed by atoms with Gasteiger partial charge in [-0.2, -0.15) is 0 Å². The minimum Gasteiger partial charge on any atom is -0.497 e. The van der Waals surface area contributed by atoms with E-state index in [2.05, 4.69) is 48.2 Å². The van der Waals surface area contributed by atoms with Crippen LogP contribution in [0.25, 0.3) is 0 Å². The predicted molar refractivity (Wildman–Crippen MR) is 95.0 cm³/mol. The molecule has 0 aliphatic carbocycles. The third-order valence-corrected chi connectivity index (χ3v) is 3.96. The molecule has 0 aliphatic heterocycles. The second-order valence-electron chi connectivity index (χ2n) is 5.73. The highest BCUT2D eigenvalue weighted by Crippen LogP contribution is 2.26. The Morgan fingerprint density at radius 1 is 0.913 bits per heavy atom. The number of hydrogen-bond acceptors (Lipinski definition) is 3. The smallest absolute Gasteiger partial charge is 0.123 e. The number of ether oxygens (including phenoxy) is 2. The molecule has 0 amide bonds. The van der Waals surface area contributed by atoms with Crippen LogP contribution in [0.3, 0.4) is 0 Å². The summed E-state index contributed by atoms with van der Waals surface area (Å²) >= 11 is 0. The summed E-state index contributed by atoms with van der Waals surface area (Å²) in [5.41, 5.74) is 2.50. The van der Waals surface area contributed by atoms with Crippen LogP contribution in [0, 0.1) is 0 Å². The topological polar surface area (TPSA) is 21.7 Å². The average molecular weight is 313 g/mol. The summed E-state index contributed by atoms with van der Waals surface area (Å²) in [7, 11) is 3.42. The summed E-state index contributed by atoms with van der Waals surface area (Å²) in [5, 5.41) is 0. The third kappa shape index (κ3) is 5.29. The fraction of sp³-hybridized carbons (Fsp3) is 0.400. The van der Waals surface area contributed by atoms with E-state index < -0.39 is 0 Å². The van der Waals surface area contributed by atoms with Crippen LogP contribution < -0.4 is 9.47 Å². The maximum Gasteiger partial charge on any atom is 0.123 e. The third-order valence-electron chi connectivity index (χ3n) is 3.96. The predicted octanol–water partition coefficient (Wildman–Crippen LogP) is 4.51. The fourth-order valence-electron chi connectivity index (χ4n) is 2.68. The quantitative estimate of drug-likeness (QED) is 0.680. The number of methoxy groups -OCH3 is 2. The van der Waals surface area contributed by atoms with E-state index in [4.69, 9.17) is 9.47 Å². The summed E-state index contributed by atoms with van der Waals surface area (Å²) in [6.45, 7) is 5.11. The van der Waals surface area contributed by atoms with E-state index in [1.807, 2.05) is 12.1 Å². The fourth-order valence-corrected chi connectivity index (χ4v) is 2.68. The molecule has 2 rings (SSSR count).